The quantitative estimate of drug-likeness (QED) is 0.490. The molecular formula is C10H8N8O3S. The zero-order valence-electron chi connectivity index (χ0n) is 10.8. The summed E-state index contributed by atoms with van der Waals surface area (Å²) in [4.78, 5) is 24.6. The normalized spacial score (nSPS) is 10.4. The van der Waals surface area contributed by atoms with Crippen molar-refractivity contribution in [3.05, 3.63) is 47.4 Å². The first-order chi connectivity index (χ1) is 10.5. The summed E-state index contributed by atoms with van der Waals surface area (Å²) in [5, 5.41) is 5.39. The fourth-order valence-electron chi connectivity index (χ4n) is 1.42. The van der Waals surface area contributed by atoms with Crippen molar-refractivity contribution in [3.8, 4) is 0 Å². The number of urea groups is 1. The van der Waals surface area contributed by atoms with Crippen LogP contribution in [0.4, 0.5) is 16.4 Å². The summed E-state index contributed by atoms with van der Waals surface area (Å²) in [6.45, 7) is 0. The smallest absolute Gasteiger partial charge is 0.275 e. The highest BCUT2D eigenvalue weighted by molar-refractivity contribution is 7.90. The van der Waals surface area contributed by atoms with Gasteiger partial charge in [-0.1, -0.05) is 23.3 Å². The lowest BCUT2D eigenvalue weighted by atomic mass is 10.3. The van der Waals surface area contributed by atoms with Gasteiger partial charge in [-0.3, -0.25) is 5.32 Å². The van der Waals surface area contributed by atoms with Crippen LogP contribution in [-0.4, -0.2) is 29.4 Å². The van der Waals surface area contributed by atoms with Gasteiger partial charge in [-0.05, 0) is 11.6 Å². The van der Waals surface area contributed by atoms with Gasteiger partial charge in [0.15, 0.2) is 0 Å². The summed E-state index contributed by atoms with van der Waals surface area (Å²) in [6, 6.07) is 4.35. The third kappa shape index (κ3) is 3.65. The number of rotatable bonds is 4. The lowest BCUT2D eigenvalue weighted by Crippen LogP contribution is -2.34. The third-order valence-electron chi connectivity index (χ3n) is 2.25. The van der Waals surface area contributed by atoms with Gasteiger partial charge in [-0.2, -0.15) is 0 Å². The Morgan fingerprint density at radius 3 is 2.59 bits per heavy atom. The van der Waals surface area contributed by atoms with E-state index in [2.05, 4.69) is 30.3 Å². The molecule has 0 unspecified atom stereocenters. The van der Waals surface area contributed by atoms with Crippen molar-refractivity contribution in [2.75, 3.05) is 5.32 Å². The molecule has 22 heavy (non-hydrogen) atoms. The maximum Gasteiger partial charge on any atom is 0.335 e. The standard InChI is InChI=1S/C10H8N8O3S/c11-18-16-7-3-1-2-4-8(7)22(20,21)17-10(19)15-9-13-5-12-6-14-9/h1-6H,(H2,12,13,14,15,17,19). The number of carbonyl (C=O) groups excluding carboxylic acids is 1. The van der Waals surface area contributed by atoms with E-state index in [-0.39, 0.29) is 16.5 Å². The Morgan fingerprint density at radius 1 is 1.23 bits per heavy atom. The molecule has 0 aliphatic rings. The maximum absolute atomic E-state index is 12.1. The highest BCUT2D eigenvalue weighted by Crippen LogP contribution is 2.23. The third-order valence-corrected chi connectivity index (χ3v) is 3.63. The van der Waals surface area contributed by atoms with Crippen molar-refractivity contribution >= 4 is 27.7 Å². The van der Waals surface area contributed by atoms with E-state index < -0.39 is 16.1 Å². The van der Waals surface area contributed by atoms with Crippen molar-refractivity contribution in [1.29, 1.82) is 0 Å². The Labute approximate surface area is 124 Å². The minimum atomic E-state index is -4.23. The van der Waals surface area contributed by atoms with Gasteiger partial charge in [0.2, 0.25) is 5.95 Å². The Kier molecular flexibility index (Phi) is 4.46. The zero-order valence-corrected chi connectivity index (χ0v) is 11.6. The summed E-state index contributed by atoms with van der Waals surface area (Å²) in [5.74, 6) is -0.119. The molecule has 0 aliphatic carbocycles. The number of sulfonamides is 1. The molecule has 0 aliphatic heterocycles. The molecule has 0 atom stereocenters. The van der Waals surface area contributed by atoms with Crippen LogP contribution in [0.2, 0.25) is 0 Å². The molecule has 0 saturated carbocycles. The van der Waals surface area contributed by atoms with E-state index in [0.29, 0.717) is 0 Å². The van der Waals surface area contributed by atoms with Crippen molar-refractivity contribution in [1.82, 2.24) is 19.7 Å². The first kappa shape index (κ1) is 15.2. The van der Waals surface area contributed by atoms with Crippen LogP contribution in [0.5, 0.6) is 0 Å². The number of nitrogens with zero attached hydrogens (tertiary/aromatic N) is 6. The number of carbonyl (C=O) groups is 1. The summed E-state index contributed by atoms with van der Waals surface area (Å²) in [5.41, 5.74) is 8.29. The van der Waals surface area contributed by atoms with Gasteiger partial charge in [-0.25, -0.2) is 32.9 Å². The van der Waals surface area contributed by atoms with E-state index in [1.54, 1.807) is 4.72 Å². The van der Waals surface area contributed by atoms with Crippen LogP contribution in [0.15, 0.2) is 46.9 Å². The number of anilines is 1. The number of aromatic nitrogens is 3. The summed E-state index contributed by atoms with van der Waals surface area (Å²) in [6.07, 6.45) is 2.27. The molecule has 1 aromatic carbocycles. The summed E-state index contributed by atoms with van der Waals surface area (Å²) < 4.78 is 26.0. The Bertz CT molecular complexity index is 832. The second kappa shape index (κ2) is 6.47. The van der Waals surface area contributed by atoms with E-state index in [1.807, 2.05) is 0 Å². The van der Waals surface area contributed by atoms with Crippen molar-refractivity contribution < 1.29 is 13.2 Å². The topological polar surface area (TPSA) is 163 Å². The highest BCUT2D eigenvalue weighted by Gasteiger charge is 2.20. The Morgan fingerprint density at radius 2 is 1.91 bits per heavy atom. The van der Waals surface area contributed by atoms with Crippen molar-refractivity contribution in [3.63, 3.8) is 0 Å². The Balaban J connectivity index is 2.21. The zero-order chi connectivity index (χ0) is 16.0. The molecule has 0 spiro atoms. The van der Waals surface area contributed by atoms with E-state index in [4.69, 9.17) is 5.53 Å². The van der Waals surface area contributed by atoms with E-state index in [1.165, 1.54) is 24.3 Å². The lowest BCUT2D eigenvalue weighted by molar-refractivity contribution is 0.256. The molecule has 2 rings (SSSR count). The number of hydrogen-bond acceptors (Lipinski definition) is 7. The van der Waals surface area contributed by atoms with Crippen molar-refractivity contribution in [2.24, 2.45) is 5.11 Å². The molecule has 0 saturated heterocycles. The molecule has 2 N–H and O–H groups in total. The SMILES string of the molecule is [N-]=[N+]=Nc1ccccc1S(=O)(=O)NC(=O)Nc1ncncn1. The minimum absolute atomic E-state index is 0.119. The van der Waals surface area contributed by atoms with Gasteiger partial charge in [-0.15, -0.1) is 0 Å². The molecule has 112 valence electrons. The molecule has 2 amide bonds. The van der Waals surface area contributed by atoms with Gasteiger partial charge < -0.3 is 0 Å². The van der Waals surface area contributed by atoms with Crippen molar-refractivity contribution in [2.45, 2.75) is 4.90 Å². The predicted molar refractivity (Wildman–Crippen MR) is 74.4 cm³/mol. The molecule has 1 aromatic heterocycles. The fraction of sp³-hybridized carbons (Fsp3) is 0. The number of hydrogen-bond donors (Lipinski definition) is 2. The fourth-order valence-corrected chi connectivity index (χ4v) is 2.47. The van der Waals surface area contributed by atoms with Crippen LogP contribution in [0.3, 0.4) is 0 Å². The monoisotopic (exact) mass is 320 g/mol. The molecule has 0 bridgehead atoms. The molecule has 12 heteroatoms. The van der Waals surface area contributed by atoms with Crippen LogP contribution < -0.4 is 10.0 Å². The van der Waals surface area contributed by atoms with Gasteiger partial charge in [0, 0.05) is 4.91 Å². The molecular weight excluding hydrogens is 312 g/mol. The van der Waals surface area contributed by atoms with Crippen LogP contribution in [0, 0.1) is 0 Å². The van der Waals surface area contributed by atoms with Crippen LogP contribution in [-0.2, 0) is 10.0 Å². The first-order valence-corrected chi connectivity index (χ1v) is 7.11. The summed E-state index contributed by atoms with van der Waals surface area (Å²) in [7, 11) is -4.23. The first-order valence-electron chi connectivity index (χ1n) is 5.63. The molecule has 1 heterocycles. The molecule has 0 fully saturated rings. The van der Waals surface area contributed by atoms with Gasteiger partial charge in [0.1, 0.15) is 12.7 Å². The van der Waals surface area contributed by atoms with Crippen LogP contribution >= 0.6 is 0 Å². The molecule has 0 radical (unpaired) electrons. The second-order valence-electron chi connectivity index (χ2n) is 3.68. The summed E-state index contributed by atoms with van der Waals surface area (Å²) >= 11 is 0. The maximum atomic E-state index is 12.1. The lowest BCUT2D eigenvalue weighted by Gasteiger charge is -2.09. The minimum Gasteiger partial charge on any atom is -0.275 e. The van der Waals surface area contributed by atoms with Crippen LogP contribution in [0.1, 0.15) is 0 Å². The molecule has 11 nitrogen and oxygen atoms in total. The number of benzene rings is 1. The Hall–Kier alpha value is -3.24. The number of nitrogens with one attached hydrogen (secondary N) is 2. The van der Waals surface area contributed by atoms with E-state index in [0.717, 1.165) is 12.7 Å². The van der Waals surface area contributed by atoms with Gasteiger partial charge >= 0.3 is 6.03 Å². The average Bonchev–Trinajstić information content (AvgIpc) is 2.48. The van der Waals surface area contributed by atoms with Gasteiger partial charge in [0.25, 0.3) is 10.0 Å². The molecule has 2 aromatic rings. The second-order valence-corrected chi connectivity index (χ2v) is 5.33. The van der Waals surface area contributed by atoms with E-state index >= 15 is 0 Å². The van der Waals surface area contributed by atoms with Crippen LogP contribution in [0.25, 0.3) is 10.4 Å². The highest BCUT2D eigenvalue weighted by atomic mass is 32.2. The number of azide groups is 1. The van der Waals surface area contributed by atoms with Gasteiger partial charge in [0.05, 0.1) is 10.6 Å². The largest absolute Gasteiger partial charge is 0.335 e. The predicted octanol–water partition coefficient (Wildman–Crippen LogP) is 1.32. The number of amides is 2. The average molecular weight is 320 g/mol. The van der Waals surface area contributed by atoms with E-state index in [9.17, 15) is 13.2 Å².